The summed E-state index contributed by atoms with van der Waals surface area (Å²) in [6.07, 6.45) is 0. The van der Waals surface area contributed by atoms with E-state index in [1.54, 1.807) is 12.1 Å². The summed E-state index contributed by atoms with van der Waals surface area (Å²) in [6.45, 7) is 0.363. The van der Waals surface area contributed by atoms with Crippen LogP contribution >= 0.6 is 34.7 Å². The van der Waals surface area contributed by atoms with Gasteiger partial charge in [-0.05, 0) is 46.9 Å². The summed E-state index contributed by atoms with van der Waals surface area (Å²) in [6, 6.07) is 11.6. The number of hydrogen-bond acceptors (Lipinski definition) is 4. The zero-order chi connectivity index (χ0) is 17.3. The molecule has 0 spiro atoms. The minimum Gasteiger partial charge on any atom is -0.664 e. The van der Waals surface area contributed by atoms with Crippen LogP contribution in [0.2, 0.25) is 10.0 Å². The first-order valence-electron chi connectivity index (χ1n) is 6.82. The van der Waals surface area contributed by atoms with Crippen molar-refractivity contribution in [3.05, 3.63) is 79.9 Å². The third-order valence-electron chi connectivity index (χ3n) is 3.31. The van der Waals surface area contributed by atoms with Crippen molar-refractivity contribution in [2.45, 2.75) is 6.54 Å². The van der Waals surface area contributed by atoms with E-state index < -0.39 is 11.6 Å². The Bertz CT molecular complexity index is 970. The van der Waals surface area contributed by atoms with Gasteiger partial charge in [0.1, 0.15) is 5.01 Å². The summed E-state index contributed by atoms with van der Waals surface area (Å²) in [4.78, 5) is 27.3. The maximum absolute atomic E-state index is 12.1. The largest absolute Gasteiger partial charge is 1.00 e. The fraction of sp³-hybridized carbons (Fsp3) is 0.0625. The minimum atomic E-state index is -0.819. The average molecular weight is 402 g/mol. The molecule has 0 bridgehead atoms. The molecule has 0 aliphatic carbocycles. The topological polar surface area (TPSA) is 75.8 Å². The van der Waals surface area contributed by atoms with Crippen LogP contribution in [-0.4, -0.2) is 14.8 Å². The Labute approximate surface area is 179 Å². The zero-order valence-corrected chi connectivity index (χ0v) is 17.5. The molecule has 3 rings (SSSR count). The molecule has 9 heteroatoms. The van der Waals surface area contributed by atoms with Crippen LogP contribution in [0, 0.1) is 0 Å². The summed E-state index contributed by atoms with van der Waals surface area (Å²) in [7, 11) is 0. The molecule has 1 N–H and O–H groups in total. The number of hydrogen-bond donors (Lipinski definition) is 0. The fourth-order valence-electron chi connectivity index (χ4n) is 2.10. The van der Waals surface area contributed by atoms with Crippen LogP contribution in [0.15, 0.2) is 47.3 Å². The summed E-state index contributed by atoms with van der Waals surface area (Å²) in [5.41, 5.74) is 8.36. The monoisotopic (exact) mass is 401 g/mol. The van der Waals surface area contributed by atoms with Crippen molar-refractivity contribution in [1.82, 2.24) is 8.94 Å². The van der Waals surface area contributed by atoms with E-state index in [1.165, 1.54) is 22.2 Å². The van der Waals surface area contributed by atoms with Crippen molar-refractivity contribution in [2.75, 3.05) is 0 Å². The molecule has 0 saturated heterocycles. The smallest absolute Gasteiger partial charge is 0.664 e. The zero-order valence-electron chi connectivity index (χ0n) is 13.1. The Morgan fingerprint density at radius 3 is 2.48 bits per heavy atom. The Balaban J connectivity index is 0.00000225. The number of nitrogens with zero attached hydrogens (tertiary/aromatic N) is 2. The van der Waals surface area contributed by atoms with Crippen molar-refractivity contribution < 1.29 is 34.4 Å². The third-order valence-corrected chi connectivity index (χ3v) is 4.88. The van der Waals surface area contributed by atoms with E-state index in [0.717, 1.165) is 17.1 Å². The molecule has 3 aromatic rings. The Morgan fingerprint density at radius 2 is 1.84 bits per heavy atom. The van der Waals surface area contributed by atoms with E-state index >= 15 is 0 Å². The Kier molecular flexibility index (Phi) is 6.85. The molecule has 122 valence electrons. The van der Waals surface area contributed by atoms with Crippen LogP contribution in [0.1, 0.15) is 15.9 Å². The first-order valence-corrected chi connectivity index (χ1v) is 8.35. The van der Waals surface area contributed by atoms with Gasteiger partial charge in [-0.2, -0.15) is 4.98 Å². The summed E-state index contributed by atoms with van der Waals surface area (Å²) in [5, 5.41) is 1.40. The van der Waals surface area contributed by atoms with Crippen LogP contribution in [-0.2, 0) is 6.54 Å². The fourth-order valence-corrected chi connectivity index (χ4v) is 3.42. The van der Waals surface area contributed by atoms with Crippen molar-refractivity contribution in [3.8, 4) is 10.6 Å². The molecule has 5 nitrogen and oxygen atoms in total. The van der Waals surface area contributed by atoms with E-state index in [2.05, 4.69) is 4.98 Å². The average Bonchev–Trinajstić information content (AvgIpc) is 2.90. The molecule has 1 heterocycles. The molecule has 0 saturated carbocycles. The van der Waals surface area contributed by atoms with Gasteiger partial charge in [0.25, 0.3) is 0 Å². The van der Waals surface area contributed by atoms with Crippen LogP contribution in [0.5, 0.6) is 0 Å². The second-order valence-corrected chi connectivity index (χ2v) is 6.83. The van der Waals surface area contributed by atoms with E-state index in [1.807, 2.05) is 12.1 Å². The van der Waals surface area contributed by atoms with Gasteiger partial charge in [-0.15, -0.1) is 0 Å². The van der Waals surface area contributed by atoms with Gasteiger partial charge in [0.15, 0.2) is 0 Å². The van der Waals surface area contributed by atoms with Crippen molar-refractivity contribution in [1.29, 1.82) is 0 Å². The van der Waals surface area contributed by atoms with E-state index in [9.17, 15) is 9.59 Å². The normalized spacial score (nSPS) is 10.3. The first-order chi connectivity index (χ1) is 11.4. The van der Waals surface area contributed by atoms with E-state index in [-0.39, 0.29) is 35.1 Å². The maximum Gasteiger partial charge on any atom is 1.00 e. The number of benzene rings is 2. The van der Waals surface area contributed by atoms with E-state index in [0.29, 0.717) is 27.2 Å². The SMILES string of the molecule is [NH-]C(=O)c1ccc(Cl)c(-c2nc(=O)n(Cc3ccc(Cl)cc3)s2)c1.[Na+]. The molecule has 0 unspecified atom stereocenters. The molecule has 1 amide bonds. The van der Waals surface area contributed by atoms with Gasteiger partial charge >= 0.3 is 35.2 Å². The van der Waals surface area contributed by atoms with Gasteiger partial charge in [0.05, 0.1) is 17.5 Å². The van der Waals surface area contributed by atoms with Gasteiger partial charge in [0.2, 0.25) is 0 Å². The molecule has 2 aromatic carbocycles. The standard InChI is InChI=1S/C16H11Cl2N3O2S.Na/c17-11-4-1-9(2-5-11)8-21-16(23)20-15(24-21)12-7-10(14(19)22)3-6-13(12)18;/h1-7H,8H2,(H2,19,22);/q;+1/p-1. The van der Waals surface area contributed by atoms with E-state index in [4.69, 9.17) is 28.9 Å². The van der Waals surface area contributed by atoms with Gasteiger partial charge in [-0.1, -0.05) is 41.4 Å². The van der Waals surface area contributed by atoms with Crippen LogP contribution < -0.4 is 35.2 Å². The number of rotatable bonds is 4. The number of amides is 1. The molecule has 0 aliphatic heterocycles. The predicted octanol–water partition coefficient (Wildman–Crippen LogP) is 1.52. The number of halogens is 2. The second kappa shape index (κ2) is 8.49. The van der Waals surface area contributed by atoms with Crippen molar-refractivity contribution in [2.24, 2.45) is 0 Å². The summed E-state index contributed by atoms with van der Waals surface area (Å²) >= 11 is 13.1. The number of nitrogens with one attached hydrogen (secondary N) is 1. The Hall–Kier alpha value is -1.15. The quantitative estimate of drug-likeness (QED) is 0.621. The minimum absolute atomic E-state index is 0. The Morgan fingerprint density at radius 1 is 1.16 bits per heavy atom. The molecule has 1 aromatic heterocycles. The van der Waals surface area contributed by atoms with Gasteiger partial charge in [0, 0.05) is 10.6 Å². The van der Waals surface area contributed by atoms with Crippen LogP contribution in [0.3, 0.4) is 0 Å². The van der Waals surface area contributed by atoms with Crippen LogP contribution in [0.4, 0.5) is 0 Å². The molecular weight excluding hydrogens is 392 g/mol. The van der Waals surface area contributed by atoms with Gasteiger partial charge in [-0.25, -0.2) is 8.75 Å². The molecule has 0 atom stereocenters. The number of carbonyl (C=O) groups excluding carboxylic acids is 1. The molecular formula is C16H10Cl2N3NaO2S. The second-order valence-electron chi connectivity index (χ2n) is 4.98. The van der Waals surface area contributed by atoms with Gasteiger partial charge < -0.3 is 10.5 Å². The summed E-state index contributed by atoms with van der Waals surface area (Å²) in [5.74, 6) is -0.819. The number of aromatic nitrogens is 2. The first kappa shape index (κ1) is 20.2. The molecule has 0 fully saturated rings. The predicted molar refractivity (Wildman–Crippen MR) is 96.0 cm³/mol. The van der Waals surface area contributed by atoms with Crippen molar-refractivity contribution >= 4 is 40.6 Å². The number of carbonyl (C=O) groups is 1. The van der Waals surface area contributed by atoms with Crippen LogP contribution in [0.25, 0.3) is 16.3 Å². The molecule has 0 radical (unpaired) electrons. The summed E-state index contributed by atoms with van der Waals surface area (Å²) < 4.78 is 1.49. The molecule has 25 heavy (non-hydrogen) atoms. The molecule has 0 aliphatic rings. The third kappa shape index (κ3) is 4.73. The van der Waals surface area contributed by atoms with Crippen molar-refractivity contribution in [3.63, 3.8) is 0 Å². The van der Waals surface area contributed by atoms with Gasteiger partial charge in [-0.3, -0.25) is 0 Å². The maximum atomic E-state index is 12.1.